The van der Waals surface area contributed by atoms with Crippen molar-refractivity contribution in [3.8, 4) is 5.75 Å². The van der Waals surface area contributed by atoms with Gasteiger partial charge in [0.25, 0.3) is 0 Å². The highest BCUT2D eigenvalue weighted by molar-refractivity contribution is 6.30. The molecule has 0 aliphatic heterocycles. The Hall–Kier alpha value is -0.730. The zero-order valence-electron chi connectivity index (χ0n) is 12.0. The van der Waals surface area contributed by atoms with Crippen molar-refractivity contribution in [2.45, 2.75) is 56.9 Å². The third kappa shape index (κ3) is 2.96. The molecule has 2 N–H and O–H groups in total. The second kappa shape index (κ2) is 5.95. The molecule has 20 heavy (non-hydrogen) atoms. The lowest BCUT2D eigenvalue weighted by Crippen LogP contribution is -2.39. The fourth-order valence-electron chi connectivity index (χ4n) is 3.34. The van der Waals surface area contributed by atoms with Gasteiger partial charge in [-0.25, -0.2) is 0 Å². The van der Waals surface area contributed by atoms with E-state index in [0.29, 0.717) is 0 Å². The summed E-state index contributed by atoms with van der Waals surface area (Å²) in [5.74, 6) is 1.68. The summed E-state index contributed by atoms with van der Waals surface area (Å²) in [6, 6.07) is 5.93. The number of hydrogen-bond donors (Lipinski definition) is 1. The molecule has 0 saturated heterocycles. The molecule has 0 amide bonds. The van der Waals surface area contributed by atoms with Gasteiger partial charge in [-0.2, -0.15) is 0 Å². The molecule has 1 aromatic rings. The summed E-state index contributed by atoms with van der Waals surface area (Å²) in [7, 11) is 0. The average molecular weight is 294 g/mol. The van der Waals surface area contributed by atoms with Crippen LogP contribution in [0.2, 0.25) is 5.02 Å². The van der Waals surface area contributed by atoms with Crippen molar-refractivity contribution in [3.63, 3.8) is 0 Å². The lowest BCUT2D eigenvalue weighted by molar-refractivity contribution is 0.175. The van der Waals surface area contributed by atoms with E-state index in [0.717, 1.165) is 41.7 Å². The van der Waals surface area contributed by atoms with Gasteiger partial charge in [-0.15, -0.1) is 0 Å². The van der Waals surface area contributed by atoms with E-state index in [9.17, 15) is 0 Å². The lowest BCUT2D eigenvalue weighted by Gasteiger charge is -2.35. The third-order valence-electron chi connectivity index (χ3n) is 4.92. The monoisotopic (exact) mass is 293 g/mol. The fraction of sp³-hybridized carbons (Fsp3) is 0.647. The zero-order valence-corrected chi connectivity index (χ0v) is 12.8. The normalized spacial score (nSPS) is 22.3. The highest BCUT2D eigenvalue weighted by Crippen LogP contribution is 2.41. The van der Waals surface area contributed by atoms with Crippen LogP contribution < -0.4 is 10.5 Å². The maximum Gasteiger partial charge on any atom is 0.124 e. The van der Waals surface area contributed by atoms with Crippen LogP contribution in [0.25, 0.3) is 0 Å². The number of hydrogen-bond acceptors (Lipinski definition) is 2. The van der Waals surface area contributed by atoms with E-state index in [2.05, 4.69) is 0 Å². The first-order chi connectivity index (χ1) is 9.67. The molecule has 2 aliphatic carbocycles. The topological polar surface area (TPSA) is 35.2 Å². The molecule has 0 heterocycles. The molecule has 0 unspecified atom stereocenters. The number of benzene rings is 1. The summed E-state index contributed by atoms with van der Waals surface area (Å²) in [4.78, 5) is 0. The van der Waals surface area contributed by atoms with Crippen LogP contribution in [-0.2, 0) is 5.54 Å². The van der Waals surface area contributed by atoms with Gasteiger partial charge < -0.3 is 10.5 Å². The Bertz CT molecular complexity index is 464. The predicted octanol–water partition coefficient (Wildman–Crippen LogP) is 4.64. The highest BCUT2D eigenvalue weighted by Gasteiger charge is 2.32. The molecule has 110 valence electrons. The molecule has 3 rings (SSSR count). The maximum absolute atomic E-state index is 6.66. The summed E-state index contributed by atoms with van der Waals surface area (Å²) >= 11 is 6.19. The number of rotatable bonds is 4. The first kappa shape index (κ1) is 14.2. The van der Waals surface area contributed by atoms with Gasteiger partial charge in [0.2, 0.25) is 0 Å². The molecule has 0 radical (unpaired) electrons. The second-order valence-electron chi connectivity index (χ2n) is 6.47. The Labute approximate surface area is 126 Å². The van der Waals surface area contributed by atoms with Gasteiger partial charge in [-0.05, 0) is 49.8 Å². The standard InChI is InChI=1S/C17H24ClNO/c18-14-7-8-16(20-12-13-5-4-6-13)15(11-14)17(19)9-2-1-3-10-17/h7-8,11,13H,1-6,9-10,12,19H2. The van der Waals surface area contributed by atoms with Crippen molar-refractivity contribution >= 4 is 11.6 Å². The molecule has 2 saturated carbocycles. The molecule has 0 bridgehead atoms. The van der Waals surface area contributed by atoms with Gasteiger partial charge in [0, 0.05) is 16.1 Å². The minimum absolute atomic E-state index is 0.252. The number of nitrogens with two attached hydrogens (primary N) is 1. The summed E-state index contributed by atoms with van der Waals surface area (Å²) < 4.78 is 6.08. The summed E-state index contributed by atoms with van der Waals surface area (Å²) in [5.41, 5.74) is 7.53. The minimum atomic E-state index is -0.252. The zero-order chi connectivity index (χ0) is 14.0. The Morgan fingerprint density at radius 3 is 2.55 bits per heavy atom. The van der Waals surface area contributed by atoms with E-state index >= 15 is 0 Å². The smallest absolute Gasteiger partial charge is 0.124 e. The molecule has 2 fully saturated rings. The van der Waals surface area contributed by atoms with Gasteiger partial charge >= 0.3 is 0 Å². The first-order valence-corrected chi connectivity index (χ1v) is 8.27. The summed E-state index contributed by atoms with van der Waals surface area (Å²) in [5, 5.41) is 0.756. The van der Waals surface area contributed by atoms with Crippen LogP contribution >= 0.6 is 11.6 Å². The second-order valence-corrected chi connectivity index (χ2v) is 6.90. The summed E-state index contributed by atoms with van der Waals surface area (Å²) in [6.07, 6.45) is 9.71. The quantitative estimate of drug-likeness (QED) is 0.878. The van der Waals surface area contributed by atoms with Crippen molar-refractivity contribution in [2.24, 2.45) is 11.7 Å². The lowest BCUT2D eigenvalue weighted by atomic mass is 9.77. The minimum Gasteiger partial charge on any atom is -0.493 e. The van der Waals surface area contributed by atoms with Crippen LogP contribution in [0.4, 0.5) is 0 Å². The van der Waals surface area contributed by atoms with Crippen LogP contribution in [0.5, 0.6) is 5.75 Å². The van der Waals surface area contributed by atoms with E-state index < -0.39 is 0 Å². The molecule has 0 atom stereocenters. The Kier molecular flexibility index (Phi) is 4.23. The van der Waals surface area contributed by atoms with Gasteiger partial charge in [0.05, 0.1) is 6.61 Å². The average Bonchev–Trinajstić information content (AvgIpc) is 2.39. The van der Waals surface area contributed by atoms with Gasteiger partial charge in [0.15, 0.2) is 0 Å². The Morgan fingerprint density at radius 1 is 1.15 bits per heavy atom. The molecule has 0 aromatic heterocycles. The van der Waals surface area contributed by atoms with Crippen molar-refractivity contribution in [1.29, 1.82) is 0 Å². The molecular weight excluding hydrogens is 270 g/mol. The van der Waals surface area contributed by atoms with Crippen LogP contribution in [0.3, 0.4) is 0 Å². The molecule has 2 aliphatic rings. The summed E-state index contributed by atoms with van der Waals surface area (Å²) in [6.45, 7) is 0.824. The van der Waals surface area contributed by atoms with Crippen LogP contribution in [0.15, 0.2) is 18.2 Å². The van der Waals surface area contributed by atoms with E-state index in [1.807, 2.05) is 18.2 Å². The predicted molar refractivity (Wildman–Crippen MR) is 83.2 cm³/mol. The molecule has 0 spiro atoms. The van der Waals surface area contributed by atoms with E-state index in [1.165, 1.54) is 38.5 Å². The van der Waals surface area contributed by atoms with Gasteiger partial charge in [0.1, 0.15) is 5.75 Å². The van der Waals surface area contributed by atoms with E-state index in [1.54, 1.807) is 0 Å². The maximum atomic E-state index is 6.66. The van der Waals surface area contributed by atoms with Crippen molar-refractivity contribution in [3.05, 3.63) is 28.8 Å². The number of ether oxygens (including phenoxy) is 1. The van der Waals surface area contributed by atoms with Gasteiger partial charge in [-0.3, -0.25) is 0 Å². The molecule has 3 heteroatoms. The molecular formula is C17H24ClNO. The van der Waals surface area contributed by atoms with E-state index in [4.69, 9.17) is 22.1 Å². The fourth-order valence-corrected chi connectivity index (χ4v) is 3.51. The molecule has 1 aromatic carbocycles. The molecule has 2 nitrogen and oxygen atoms in total. The van der Waals surface area contributed by atoms with Crippen molar-refractivity contribution < 1.29 is 4.74 Å². The van der Waals surface area contributed by atoms with Crippen LogP contribution in [0, 0.1) is 5.92 Å². The number of halogens is 1. The van der Waals surface area contributed by atoms with Crippen LogP contribution in [0.1, 0.15) is 56.9 Å². The third-order valence-corrected chi connectivity index (χ3v) is 5.16. The van der Waals surface area contributed by atoms with Crippen molar-refractivity contribution in [1.82, 2.24) is 0 Å². The van der Waals surface area contributed by atoms with Crippen LogP contribution in [-0.4, -0.2) is 6.61 Å². The highest BCUT2D eigenvalue weighted by atomic mass is 35.5. The largest absolute Gasteiger partial charge is 0.493 e. The van der Waals surface area contributed by atoms with Crippen molar-refractivity contribution in [2.75, 3.05) is 6.61 Å². The first-order valence-electron chi connectivity index (χ1n) is 7.89. The Morgan fingerprint density at radius 2 is 1.90 bits per heavy atom. The van der Waals surface area contributed by atoms with Gasteiger partial charge in [-0.1, -0.05) is 37.3 Å². The Balaban J connectivity index is 1.81. The van der Waals surface area contributed by atoms with E-state index in [-0.39, 0.29) is 5.54 Å². The SMILES string of the molecule is NC1(c2cc(Cl)ccc2OCC2CCC2)CCCCC1.